The molecule has 1 aliphatic rings. The molecule has 0 radical (unpaired) electrons. The lowest BCUT2D eigenvalue weighted by Gasteiger charge is -2.21. The summed E-state index contributed by atoms with van der Waals surface area (Å²) in [7, 11) is 1.76. The van der Waals surface area contributed by atoms with E-state index in [4.69, 9.17) is 9.72 Å². The van der Waals surface area contributed by atoms with Crippen molar-refractivity contribution >= 4 is 16.5 Å². The van der Waals surface area contributed by atoms with Gasteiger partial charge in [-0.3, -0.25) is 0 Å². The van der Waals surface area contributed by atoms with Crippen molar-refractivity contribution in [2.24, 2.45) is 0 Å². The first-order chi connectivity index (χ1) is 8.99. The molecule has 0 aliphatic heterocycles. The highest BCUT2D eigenvalue weighted by atomic mass is 32.1. The van der Waals surface area contributed by atoms with Crippen molar-refractivity contribution in [2.45, 2.75) is 51.7 Å². The molecule has 1 fully saturated rings. The van der Waals surface area contributed by atoms with Gasteiger partial charge in [0.1, 0.15) is 0 Å². The van der Waals surface area contributed by atoms with Crippen LogP contribution in [-0.4, -0.2) is 36.8 Å². The van der Waals surface area contributed by atoms with Crippen LogP contribution in [0.3, 0.4) is 0 Å². The van der Waals surface area contributed by atoms with E-state index in [1.807, 2.05) is 0 Å². The Bertz CT molecular complexity index is 396. The normalized spacial score (nSPS) is 15.8. The number of methoxy groups -OCH3 is 1. The van der Waals surface area contributed by atoms with E-state index in [2.05, 4.69) is 36.4 Å². The SMILES string of the molecule is COCCN(c1nc(CNC(C)(C)C)cs1)C1CC1. The highest BCUT2D eigenvalue weighted by Gasteiger charge is 2.30. The Morgan fingerprint density at radius 2 is 2.21 bits per heavy atom. The van der Waals surface area contributed by atoms with Crippen molar-refractivity contribution in [2.75, 3.05) is 25.2 Å². The number of hydrogen-bond acceptors (Lipinski definition) is 5. The van der Waals surface area contributed by atoms with Crippen LogP contribution in [0.15, 0.2) is 5.38 Å². The molecule has 4 nitrogen and oxygen atoms in total. The second kappa shape index (κ2) is 6.20. The molecule has 1 aliphatic carbocycles. The molecule has 1 heterocycles. The van der Waals surface area contributed by atoms with Gasteiger partial charge in [0.25, 0.3) is 0 Å². The molecule has 0 aromatic carbocycles. The van der Waals surface area contributed by atoms with Gasteiger partial charge in [0.2, 0.25) is 0 Å². The summed E-state index contributed by atoms with van der Waals surface area (Å²) in [4.78, 5) is 7.15. The Hall–Kier alpha value is -0.650. The smallest absolute Gasteiger partial charge is 0.185 e. The Balaban J connectivity index is 1.94. The van der Waals surface area contributed by atoms with Gasteiger partial charge in [0, 0.05) is 37.2 Å². The van der Waals surface area contributed by atoms with Crippen molar-refractivity contribution in [3.8, 4) is 0 Å². The van der Waals surface area contributed by atoms with Crippen molar-refractivity contribution in [3.05, 3.63) is 11.1 Å². The monoisotopic (exact) mass is 283 g/mol. The molecular weight excluding hydrogens is 258 g/mol. The van der Waals surface area contributed by atoms with Gasteiger partial charge < -0.3 is 15.0 Å². The molecule has 0 spiro atoms. The fourth-order valence-electron chi connectivity index (χ4n) is 1.88. The van der Waals surface area contributed by atoms with E-state index >= 15 is 0 Å². The third-order valence-electron chi connectivity index (χ3n) is 3.11. The zero-order chi connectivity index (χ0) is 13.9. The third-order valence-corrected chi connectivity index (χ3v) is 4.04. The molecule has 19 heavy (non-hydrogen) atoms. The van der Waals surface area contributed by atoms with Crippen LogP contribution in [0.4, 0.5) is 5.13 Å². The minimum absolute atomic E-state index is 0.135. The molecule has 108 valence electrons. The second-order valence-electron chi connectivity index (χ2n) is 6.14. The van der Waals surface area contributed by atoms with Gasteiger partial charge >= 0.3 is 0 Å². The summed E-state index contributed by atoms with van der Waals surface area (Å²) >= 11 is 1.75. The molecule has 0 unspecified atom stereocenters. The molecule has 0 bridgehead atoms. The molecule has 0 amide bonds. The van der Waals surface area contributed by atoms with Crippen molar-refractivity contribution in [3.63, 3.8) is 0 Å². The number of ether oxygens (including phenoxy) is 1. The molecule has 1 aromatic heterocycles. The highest BCUT2D eigenvalue weighted by Crippen LogP contribution is 2.33. The van der Waals surface area contributed by atoms with Crippen molar-refractivity contribution < 1.29 is 4.74 Å². The predicted octanol–water partition coefficient (Wildman–Crippen LogP) is 2.65. The largest absolute Gasteiger partial charge is 0.383 e. The Kier molecular flexibility index (Phi) is 4.81. The first-order valence-electron chi connectivity index (χ1n) is 6.94. The molecule has 5 heteroatoms. The van der Waals surface area contributed by atoms with Gasteiger partial charge in [-0.25, -0.2) is 4.98 Å². The van der Waals surface area contributed by atoms with Gasteiger partial charge in [-0.05, 0) is 33.6 Å². The summed E-state index contributed by atoms with van der Waals surface area (Å²) in [5, 5.41) is 6.79. The zero-order valence-corrected chi connectivity index (χ0v) is 13.2. The number of nitrogens with zero attached hydrogens (tertiary/aromatic N) is 2. The van der Waals surface area contributed by atoms with Gasteiger partial charge in [0.15, 0.2) is 5.13 Å². The van der Waals surface area contributed by atoms with Gasteiger partial charge in [-0.15, -0.1) is 11.3 Å². The lowest BCUT2D eigenvalue weighted by atomic mass is 10.1. The molecule has 0 saturated heterocycles. The van der Waals surface area contributed by atoms with Crippen LogP contribution in [0.2, 0.25) is 0 Å². The van der Waals surface area contributed by atoms with Crippen LogP contribution in [0.25, 0.3) is 0 Å². The second-order valence-corrected chi connectivity index (χ2v) is 6.98. The molecule has 0 atom stereocenters. The summed E-state index contributed by atoms with van der Waals surface area (Å²) in [6.45, 7) is 9.08. The van der Waals surface area contributed by atoms with E-state index in [0.717, 1.165) is 30.5 Å². The van der Waals surface area contributed by atoms with Gasteiger partial charge in [-0.2, -0.15) is 0 Å². The van der Waals surface area contributed by atoms with E-state index in [1.165, 1.54) is 12.8 Å². The van der Waals surface area contributed by atoms with Crippen LogP contribution in [0.1, 0.15) is 39.3 Å². The Labute approximate surface area is 120 Å². The number of rotatable bonds is 7. The maximum absolute atomic E-state index is 5.19. The minimum Gasteiger partial charge on any atom is -0.383 e. The van der Waals surface area contributed by atoms with Gasteiger partial charge in [0.05, 0.1) is 12.3 Å². The Morgan fingerprint density at radius 1 is 1.47 bits per heavy atom. The van der Waals surface area contributed by atoms with E-state index in [9.17, 15) is 0 Å². The fraction of sp³-hybridized carbons (Fsp3) is 0.786. The number of thiazole rings is 1. The molecule has 2 rings (SSSR count). The average Bonchev–Trinajstić information content (AvgIpc) is 3.05. The molecule has 1 saturated carbocycles. The summed E-state index contributed by atoms with van der Waals surface area (Å²) < 4.78 is 5.19. The van der Waals surface area contributed by atoms with Crippen LogP contribution in [0, 0.1) is 0 Å². The van der Waals surface area contributed by atoms with Crippen molar-refractivity contribution in [1.82, 2.24) is 10.3 Å². The molecule has 1 N–H and O–H groups in total. The number of aromatic nitrogens is 1. The van der Waals surface area contributed by atoms with Crippen LogP contribution < -0.4 is 10.2 Å². The highest BCUT2D eigenvalue weighted by molar-refractivity contribution is 7.13. The predicted molar refractivity (Wildman–Crippen MR) is 81.0 cm³/mol. The lowest BCUT2D eigenvalue weighted by molar-refractivity contribution is 0.205. The number of hydrogen-bond donors (Lipinski definition) is 1. The van der Waals surface area contributed by atoms with E-state index in [0.29, 0.717) is 6.04 Å². The summed E-state index contributed by atoms with van der Waals surface area (Å²) in [5.41, 5.74) is 1.27. The van der Waals surface area contributed by atoms with Crippen molar-refractivity contribution in [1.29, 1.82) is 0 Å². The van der Waals surface area contributed by atoms with E-state index in [-0.39, 0.29) is 5.54 Å². The molecular formula is C14H25N3OS. The Morgan fingerprint density at radius 3 is 2.79 bits per heavy atom. The summed E-state index contributed by atoms with van der Waals surface area (Å²) in [6.07, 6.45) is 2.58. The van der Waals surface area contributed by atoms with E-state index in [1.54, 1.807) is 18.4 Å². The average molecular weight is 283 g/mol. The first kappa shape index (κ1) is 14.8. The quantitative estimate of drug-likeness (QED) is 0.835. The number of anilines is 1. The fourth-order valence-corrected chi connectivity index (χ4v) is 2.80. The van der Waals surface area contributed by atoms with Crippen LogP contribution in [0.5, 0.6) is 0 Å². The lowest BCUT2D eigenvalue weighted by Crippen LogP contribution is -2.35. The van der Waals surface area contributed by atoms with Gasteiger partial charge in [-0.1, -0.05) is 0 Å². The molecule has 1 aromatic rings. The van der Waals surface area contributed by atoms with Crippen LogP contribution >= 0.6 is 11.3 Å². The van der Waals surface area contributed by atoms with Crippen LogP contribution in [-0.2, 0) is 11.3 Å². The standard InChI is InChI=1S/C14H25N3OS/c1-14(2,3)15-9-11-10-19-13(16-11)17(7-8-18-4)12-5-6-12/h10,12,15H,5-9H2,1-4H3. The maximum Gasteiger partial charge on any atom is 0.185 e. The minimum atomic E-state index is 0.135. The first-order valence-corrected chi connectivity index (χ1v) is 7.82. The topological polar surface area (TPSA) is 37.4 Å². The summed E-state index contributed by atoms with van der Waals surface area (Å²) in [6, 6.07) is 0.685. The summed E-state index contributed by atoms with van der Waals surface area (Å²) in [5.74, 6) is 0. The maximum atomic E-state index is 5.19. The zero-order valence-electron chi connectivity index (χ0n) is 12.4. The third kappa shape index (κ3) is 4.75. The number of nitrogens with one attached hydrogen (secondary N) is 1. The van der Waals surface area contributed by atoms with E-state index < -0.39 is 0 Å².